The summed E-state index contributed by atoms with van der Waals surface area (Å²) in [7, 11) is 4.04. The molecule has 0 aliphatic carbocycles. The van der Waals surface area contributed by atoms with Gasteiger partial charge in [-0.15, -0.1) is 0 Å². The number of carboxylic acids is 2. The molecule has 0 amide bonds. The van der Waals surface area contributed by atoms with Crippen molar-refractivity contribution in [3.8, 4) is 5.75 Å². The molecular formula is C15H22ClNO6. The highest BCUT2D eigenvalue weighted by Crippen LogP contribution is 2.24. The van der Waals surface area contributed by atoms with Gasteiger partial charge in [-0.25, -0.2) is 9.59 Å². The van der Waals surface area contributed by atoms with Crippen LogP contribution in [0.3, 0.4) is 0 Å². The number of likely N-dealkylation sites (N-methyl/N-ethyl adjacent to an activating group) is 1. The van der Waals surface area contributed by atoms with Gasteiger partial charge in [0.15, 0.2) is 0 Å². The van der Waals surface area contributed by atoms with Crippen molar-refractivity contribution >= 4 is 23.5 Å². The molecule has 0 spiro atoms. The van der Waals surface area contributed by atoms with Crippen LogP contribution in [0.5, 0.6) is 5.75 Å². The molecule has 1 aromatic carbocycles. The molecule has 0 aliphatic heterocycles. The second-order valence-corrected chi connectivity index (χ2v) is 5.22. The molecular weight excluding hydrogens is 326 g/mol. The van der Waals surface area contributed by atoms with Crippen molar-refractivity contribution in [1.82, 2.24) is 4.90 Å². The lowest BCUT2D eigenvalue weighted by Gasteiger charge is -2.11. The zero-order valence-electron chi connectivity index (χ0n) is 13.4. The van der Waals surface area contributed by atoms with Crippen molar-refractivity contribution in [2.24, 2.45) is 0 Å². The Kier molecular flexibility index (Phi) is 10.8. The fraction of sp³-hybridized carbons (Fsp3) is 0.467. The van der Waals surface area contributed by atoms with E-state index in [2.05, 4.69) is 4.90 Å². The third-order valence-electron chi connectivity index (χ3n) is 2.44. The third-order valence-corrected chi connectivity index (χ3v) is 2.73. The van der Waals surface area contributed by atoms with Crippen molar-refractivity contribution in [2.45, 2.75) is 6.92 Å². The van der Waals surface area contributed by atoms with E-state index < -0.39 is 11.9 Å². The van der Waals surface area contributed by atoms with E-state index in [9.17, 15) is 0 Å². The van der Waals surface area contributed by atoms with E-state index in [4.69, 9.17) is 40.9 Å². The number of aliphatic carboxylic acids is 2. The summed E-state index contributed by atoms with van der Waals surface area (Å²) < 4.78 is 10.9. The molecule has 0 saturated carbocycles. The minimum Gasteiger partial charge on any atom is -0.490 e. The number of aryl methyl sites for hydroxylation is 1. The van der Waals surface area contributed by atoms with Crippen LogP contribution >= 0.6 is 11.6 Å². The number of carbonyl (C=O) groups is 2. The lowest BCUT2D eigenvalue weighted by atomic mass is 10.2. The third kappa shape index (κ3) is 11.4. The van der Waals surface area contributed by atoms with Gasteiger partial charge >= 0.3 is 11.9 Å². The van der Waals surface area contributed by atoms with E-state index in [-0.39, 0.29) is 0 Å². The number of hydrogen-bond acceptors (Lipinski definition) is 5. The molecule has 2 N–H and O–H groups in total. The van der Waals surface area contributed by atoms with Gasteiger partial charge in [0.05, 0.1) is 18.2 Å². The van der Waals surface area contributed by atoms with Crippen LogP contribution in [0.2, 0.25) is 5.02 Å². The molecule has 0 unspecified atom stereocenters. The summed E-state index contributed by atoms with van der Waals surface area (Å²) in [6.07, 6.45) is 0. The summed E-state index contributed by atoms with van der Waals surface area (Å²) in [5, 5.41) is 15.4. The van der Waals surface area contributed by atoms with Crippen molar-refractivity contribution in [1.29, 1.82) is 0 Å². The highest BCUT2D eigenvalue weighted by molar-refractivity contribution is 6.32. The smallest absolute Gasteiger partial charge is 0.414 e. The highest BCUT2D eigenvalue weighted by atomic mass is 35.5. The van der Waals surface area contributed by atoms with Gasteiger partial charge in [-0.3, -0.25) is 0 Å². The fourth-order valence-electron chi connectivity index (χ4n) is 1.28. The Hall–Kier alpha value is -1.83. The molecule has 0 saturated heterocycles. The number of nitrogens with zero attached hydrogens (tertiary/aromatic N) is 1. The minimum atomic E-state index is -1.82. The molecule has 0 aliphatic rings. The van der Waals surface area contributed by atoms with E-state index >= 15 is 0 Å². The first-order valence-corrected chi connectivity index (χ1v) is 7.19. The number of carboxylic acid groups (broad SMARTS) is 2. The van der Waals surface area contributed by atoms with Crippen molar-refractivity contribution in [3.05, 3.63) is 28.8 Å². The molecule has 0 atom stereocenters. The summed E-state index contributed by atoms with van der Waals surface area (Å²) in [6, 6.07) is 5.76. The molecule has 0 aromatic heterocycles. The molecule has 8 heteroatoms. The fourth-order valence-corrected chi connectivity index (χ4v) is 1.57. The molecule has 0 fully saturated rings. The lowest BCUT2D eigenvalue weighted by molar-refractivity contribution is -0.159. The predicted molar refractivity (Wildman–Crippen MR) is 86.3 cm³/mol. The maximum atomic E-state index is 9.10. The van der Waals surface area contributed by atoms with Crippen molar-refractivity contribution < 1.29 is 29.3 Å². The standard InChI is InChI=1S/C13H20ClNO2.C2H2O4/c1-11-4-5-13(12(14)10-11)17-9-8-16-7-6-15(2)3;3-1(4)2(5)6/h4-5,10H,6-9H2,1-3H3;(H,3,4)(H,5,6). The zero-order valence-corrected chi connectivity index (χ0v) is 14.2. The van der Waals surface area contributed by atoms with Gasteiger partial charge in [-0.2, -0.15) is 0 Å². The van der Waals surface area contributed by atoms with Crippen LogP contribution in [0, 0.1) is 6.92 Å². The van der Waals surface area contributed by atoms with Gasteiger partial charge in [0.1, 0.15) is 12.4 Å². The Morgan fingerprint density at radius 1 is 1.13 bits per heavy atom. The average molecular weight is 348 g/mol. The Bertz CT molecular complexity index is 495. The SMILES string of the molecule is Cc1ccc(OCCOCCN(C)C)c(Cl)c1.O=C(O)C(=O)O. The Balaban J connectivity index is 0.000000688. The largest absolute Gasteiger partial charge is 0.490 e. The maximum Gasteiger partial charge on any atom is 0.414 e. The van der Waals surface area contributed by atoms with E-state index in [1.54, 1.807) is 0 Å². The number of rotatable bonds is 7. The van der Waals surface area contributed by atoms with Crippen LogP contribution < -0.4 is 4.74 Å². The molecule has 23 heavy (non-hydrogen) atoms. The van der Waals surface area contributed by atoms with Gasteiger partial charge < -0.3 is 24.6 Å². The van der Waals surface area contributed by atoms with Gasteiger partial charge in [-0.05, 0) is 38.7 Å². The Labute approximate surface area is 140 Å². The van der Waals surface area contributed by atoms with E-state index in [0.717, 1.165) is 18.7 Å². The number of halogens is 1. The Morgan fingerprint density at radius 2 is 1.74 bits per heavy atom. The Morgan fingerprint density at radius 3 is 2.22 bits per heavy atom. The second kappa shape index (κ2) is 11.7. The van der Waals surface area contributed by atoms with Crippen LogP contribution in [-0.4, -0.2) is 67.5 Å². The average Bonchev–Trinajstić information content (AvgIpc) is 2.44. The topological polar surface area (TPSA) is 96.3 Å². The molecule has 0 radical (unpaired) electrons. The van der Waals surface area contributed by atoms with Gasteiger partial charge in [-0.1, -0.05) is 17.7 Å². The van der Waals surface area contributed by atoms with Crippen LogP contribution in [0.15, 0.2) is 18.2 Å². The summed E-state index contributed by atoms with van der Waals surface area (Å²) in [5.41, 5.74) is 1.13. The quantitative estimate of drug-likeness (QED) is 0.573. The van der Waals surface area contributed by atoms with Gasteiger partial charge in [0, 0.05) is 6.54 Å². The van der Waals surface area contributed by atoms with E-state index in [1.165, 1.54) is 0 Å². The minimum absolute atomic E-state index is 0.524. The summed E-state index contributed by atoms with van der Waals surface area (Å²) in [6.45, 7) is 4.75. The maximum absolute atomic E-state index is 9.10. The van der Waals surface area contributed by atoms with Crippen LogP contribution in [0.1, 0.15) is 5.56 Å². The van der Waals surface area contributed by atoms with E-state index in [0.29, 0.717) is 24.0 Å². The predicted octanol–water partition coefficient (Wildman–Crippen LogP) is 1.76. The molecule has 1 aromatic rings. The van der Waals surface area contributed by atoms with Crippen LogP contribution in [-0.2, 0) is 14.3 Å². The first kappa shape index (κ1) is 21.2. The normalized spacial score (nSPS) is 9.96. The monoisotopic (exact) mass is 347 g/mol. The van der Waals surface area contributed by atoms with Crippen LogP contribution in [0.4, 0.5) is 0 Å². The number of hydrogen-bond donors (Lipinski definition) is 2. The number of benzene rings is 1. The first-order chi connectivity index (χ1) is 10.7. The molecule has 1 rings (SSSR count). The van der Waals surface area contributed by atoms with Gasteiger partial charge in [0.2, 0.25) is 0 Å². The second-order valence-electron chi connectivity index (χ2n) is 4.81. The summed E-state index contributed by atoms with van der Waals surface area (Å²) >= 11 is 6.04. The summed E-state index contributed by atoms with van der Waals surface area (Å²) in [4.78, 5) is 20.3. The summed E-state index contributed by atoms with van der Waals surface area (Å²) in [5.74, 6) is -2.93. The van der Waals surface area contributed by atoms with Crippen LogP contribution in [0.25, 0.3) is 0 Å². The molecule has 130 valence electrons. The van der Waals surface area contributed by atoms with Gasteiger partial charge in [0.25, 0.3) is 0 Å². The first-order valence-electron chi connectivity index (χ1n) is 6.81. The van der Waals surface area contributed by atoms with Crippen molar-refractivity contribution in [2.75, 3.05) is 40.5 Å². The highest BCUT2D eigenvalue weighted by Gasteiger charge is 2.04. The van der Waals surface area contributed by atoms with E-state index in [1.807, 2.05) is 39.2 Å². The molecule has 7 nitrogen and oxygen atoms in total. The lowest BCUT2D eigenvalue weighted by Crippen LogP contribution is -2.19. The molecule has 0 bridgehead atoms. The zero-order chi connectivity index (χ0) is 17.8. The van der Waals surface area contributed by atoms with Crippen molar-refractivity contribution in [3.63, 3.8) is 0 Å². The molecule has 0 heterocycles. The number of ether oxygens (including phenoxy) is 2.